The first-order chi connectivity index (χ1) is 7.20. The van der Waals surface area contributed by atoms with Crippen molar-refractivity contribution in [2.24, 2.45) is 0 Å². The van der Waals surface area contributed by atoms with Gasteiger partial charge in [0.15, 0.2) is 0 Å². The fourth-order valence-corrected chi connectivity index (χ4v) is 1.47. The Labute approximate surface area is 90.5 Å². The molecule has 15 heavy (non-hydrogen) atoms. The van der Waals surface area contributed by atoms with Gasteiger partial charge in [-0.3, -0.25) is 9.69 Å². The number of urea groups is 1. The van der Waals surface area contributed by atoms with Crippen LogP contribution in [0.4, 0.5) is 15.5 Å². The molecule has 0 unspecified atom stereocenters. The van der Waals surface area contributed by atoms with Gasteiger partial charge in [-0.05, 0) is 17.7 Å². The maximum atomic E-state index is 11.6. The molecule has 0 aromatic carbocycles. The van der Waals surface area contributed by atoms with Crippen molar-refractivity contribution in [2.75, 3.05) is 18.0 Å². The zero-order valence-electron chi connectivity index (χ0n) is 7.63. The molecule has 1 aliphatic rings. The maximum Gasteiger partial charge on any atom is 0.334 e. The molecule has 0 aliphatic carbocycles. The van der Waals surface area contributed by atoms with E-state index in [2.05, 4.69) is 9.97 Å². The van der Waals surface area contributed by atoms with Gasteiger partial charge in [0, 0.05) is 25.5 Å². The van der Waals surface area contributed by atoms with Gasteiger partial charge in [0.25, 0.3) is 0 Å². The molecule has 0 atom stereocenters. The summed E-state index contributed by atoms with van der Waals surface area (Å²) in [4.78, 5) is 32.5. The average Bonchev–Trinajstić information content (AvgIpc) is 2.61. The molecule has 0 bridgehead atoms. The minimum atomic E-state index is -0.779. The van der Waals surface area contributed by atoms with E-state index in [4.69, 9.17) is 11.6 Å². The van der Waals surface area contributed by atoms with E-state index >= 15 is 0 Å². The average molecular weight is 227 g/mol. The molecule has 78 valence electrons. The lowest BCUT2D eigenvalue weighted by atomic mass is 10.6. The molecule has 0 saturated carbocycles. The number of imide groups is 1. The lowest BCUT2D eigenvalue weighted by Crippen LogP contribution is -2.34. The second-order valence-corrected chi connectivity index (χ2v) is 3.21. The number of hydrogen-bond acceptors (Lipinski definition) is 4. The lowest BCUT2D eigenvalue weighted by Gasteiger charge is -2.13. The minimum Gasteiger partial charge on any atom is -0.260 e. The van der Waals surface area contributed by atoms with Crippen LogP contribution in [-0.4, -0.2) is 39.4 Å². The number of amides is 3. The molecule has 2 heterocycles. The van der Waals surface area contributed by atoms with Crippen LogP contribution in [0.15, 0.2) is 18.5 Å². The lowest BCUT2D eigenvalue weighted by molar-refractivity contribution is 0.214. The number of carbonyl (C=O) groups excluding carboxylic acids is 2. The summed E-state index contributed by atoms with van der Waals surface area (Å²) < 4.78 is 0. The normalized spacial score (nSPS) is 15.9. The van der Waals surface area contributed by atoms with E-state index in [1.165, 1.54) is 17.3 Å². The zero-order valence-corrected chi connectivity index (χ0v) is 8.39. The number of halogens is 1. The summed E-state index contributed by atoms with van der Waals surface area (Å²) in [7, 11) is 0. The molecule has 1 aromatic rings. The van der Waals surface area contributed by atoms with Crippen molar-refractivity contribution < 1.29 is 9.59 Å². The third-order valence-electron chi connectivity index (χ3n) is 2.01. The predicted molar refractivity (Wildman–Crippen MR) is 52.7 cm³/mol. The van der Waals surface area contributed by atoms with Gasteiger partial charge >= 0.3 is 11.4 Å². The van der Waals surface area contributed by atoms with Crippen molar-refractivity contribution in [3.05, 3.63) is 18.5 Å². The van der Waals surface area contributed by atoms with Crippen LogP contribution in [-0.2, 0) is 0 Å². The highest BCUT2D eigenvalue weighted by Gasteiger charge is 2.34. The van der Waals surface area contributed by atoms with Crippen molar-refractivity contribution in [3.8, 4) is 0 Å². The summed E-state index contributed by atoms with van der Waals surface area (Å²) in [5.74, 6) is 0.280. The van der Waals surface area contributed by atoms with E-state index in [0.29, 0.717) is 6.54 Å². The Hall–Kier alpha value is -1.69. The Kier molecular flexibility index (Phi) is 2.51. The second-order valence-electron chi connectivity index (χ2n) is 2.89. The van der Waals surface area contributed by atoms with Gasteiger partial charge in [-0.25, -0.2) is 19.7 Å². The Balaban J connectivity index is 2.21. The SMILES string of the molecule is O=C(Cl)N1CCN(c2ncccn2)C1=O. The number of nitrogens with zero attached hydrogens (tertiary/aromatic N) is 4. The number of anilines is 1. The van der Waals surface area contributed by atoms with Crippen LogP contribution >= 0.6 is 11.6 Å². The van der Waals surface area contributed by atoms with Crippen LogP contribution in [0.2, 0.25) is 0 Å². The van der Waals surface area contributed by atoms with Crippen molar-refractivity contribution in [3.63, 3.8) is 0 Å². The molecule has 1 saturated heterocycles. The minimum absolute atomic E-state index is 0.263. The summed E-state index contributed by atoms with van der Waals surface area (Å²) in [5, 5.41) is -0.779. The summed E-state index contributed by atoms with van der Waals surface area (Å²) >= 11 is 5.23. The molecule has 1 aromatic heterocycles. The Morgan fingerprint density at radius 3 is 2.53 bits per heavy atom. The van der Waals surface area contributed by atoms with Gasteiger partial charge in [0.2, 0.25) is 5.95 Å². The molecule has 0 spiro atoms. The highest BCUT2D eigenvalue weighted by atomic mass is 35.5. The van der Waals surface area contributed by atoms with E-state index in [9.17, 15) is 9.59 Å². The van der Waals surface area contributed by atoms with Gasteiger partial charge < -0.3 is 0 Å². The topological polar surface area (TPSA) is 66.4 Å². The third-order valence-corrected chi connectivity index (χ3v) is 2.22. The molecule has 0 N–H and O–H groups in total. The van der Waals surface area contributed by atoms with Gasteiger partial charge in [-0.2, -0.15) is 0 Å². The Bertz CT molecular complexity index is 397. The van der Waals surface area contributed by atoms with E-state index in [1.54, 1.807) is 6.07 Å². The summed E-state index contributed by atoms with van der Waals surface area (Å²) in [5.41, 5.74) is 0. The fourth-order valence-electron chi connectivity index (χ4n) is 1.32. The summed E-state index contributed by atoms with van der Waals surface area (Å²) in [6.07, 6.45) is 3.06. The Morgan fingerprint density at radius 2 is 2.00 bits per heavy atom. The third kappa shape index (κ3) is 1.75. The van der Waals surface area contributed by atoms with Crippen molar-refractivity contribution >= 4 is 28.9 Å². The van der Waals surface area contributed by atoms with E-state index < -0.39 is 11.4 Å². The van der Waals surface area contributed by atoms with Gasteiger partial charge in [0.05, 0.1) is 0 Å². The van der Waals surface area contributed by atoms with Gasteiger partial charge in [0.1, 0.15) is 0 Å². The van der Waals surface area contributed by atoms with Crippen LogP contribution in [0.25, 0.3) is 0 Å². The molecular weight excluding hydrogens is 220 g/mol. The zero-order chi connectivity index (χ0) is 10.8. The molecule has 6 nitrogen and oxygen atoms in total. The number of aromatic nitrogens is 2. The second kappa shape index (κ2) is 3.82. The first-order valence-corrected chi connectivity index (χ1v) is 4.63. The van der Waals surface area contributed by atoms with Crippen LogP contribution in [0, 0.1) is 0 Å². The first-order valence-electron chi connectivity index (χ1n) is 4.25. The van der Waals surface area contributed by atoms with Gasteiger partial charge in [-0.15, -0.1) is 0 Å². The largest absolute Gasteiger partial charge is 0.334 e. The summed E-state index contributed by atoms with van der Waals surface area (Å²) in [6, 6.07) is 1.16. The molecule has 2 rings (SSSR count). The number of rotatable bonds is 1. The van der Waals surface area contributed by atoms with Crippen molar-refractivity contribution in [1.29, 1.82) is 0 Å². The smallest absolute Gasteiger partial charge is 0.260 e. The molecule has 1 aliphatic heterocycles. The quantitative estimate of drug-likeness (QED) is 0.531. The predicted octanol–water partition coefficient (Wildman–Crippen LogP) is 1.08. The fraction of sp³-hybridized carbons (Fsp3) is 0.250. The van der Waals surface area contributed by atoms with E-state index in [0.717, 1.165) is 4.90 Å². The maximum absolute atomic E-state index is 11.6. The van der Waals surface area contributed by atoms with Crippen LogP contribution in [0.1, 0.15) is 0 Å². The van der Waals surface area contributed by atoms with E-state index in [1.807, 2.05) is 0 Å². The number of hydrogen-bond donors (Lipinski definition) is 0. The number of carbonyl (C=O) groups is 2. The standard InChI is InChI=1S/C8H7ClN4O2/c9-6(14)12-4-5-13(8(12)15)7-10-2-1-3-11-7/h1-3H,4-5H2. The first kappa shape index (κ1) is 9.85. The van der Waals surface area contributed by atoms with Crippen LogP contribution in [0.5, 0.6) is 0 Å². The van der Waals surface area contributed by atoms with Crippen LogP contribution in [0.3, 0.4) is 0 Å². The van der Waals surface area contributed by atoms with E-state index in [-0.39, 0.29) is 12.5 Å². The molecular formula is C8H7ClN4O2. The highest BCUT2D eigenvalue weighted by molar-refractivity contribution is 6.64. The van der Waals surface area contributed by atoms with Crippen LogP contribution < -0.4 is 4.90 Å². The van der Waals surface area contributed by atoms with Crippen molar-refractivity contribution in [2.45, 2.75) is 0 Å². The monoisotopic (exact) mass is 226 g/mol. The molecule has 7 heteroatoms. The molecule has 1 fully saturated rings. The Morgan fingerprint density at radius 1 is 1.33 bits per heavy atom. The molecule has 0 radical (unpaired) electrons. The highest BCUT2D eigenvalue weighted by Crippen LogP contribution is 2.16. The molecule has 3 amide bonds. The van der Waals surface area contributed by atoms with Gasteiger partial charge in [-0.1, -0.05) is 0 Å². The van der Waals surface area contributed by atoms with Crippen molar-refractivity contribution in [1.82, 2.24) is 14.9 Å². The summed E-state index contributed by atoms with van der Waals surface area (Å²) in [6.45, 7) is 0.626.